The summed E-state index contributed by atoms with van der Waals surface area (Å²) in [7, 11) is 5.25. The highest BCUT2D eigenvalue weighted by Gasteiger charge is 2.33. The molecule has 5 rings (SSSR count). The number of anilines is 1. The van der Waals surface area contributed by atoms with E-state index in [9.17, 15) is 9.18 Å². The zero-order valence-corrected chi connectivity index (χ0v) is 19.9. The lowest BCUT2D eigenvalue weighted by Gasteiger charge is -2.31. The molecule has 0 aliphatic carbocycles. The van der Waals surface area contributed by atoms with Crippen molar-refractivity contribution in [3.8, 4) is 28.3 Å². The lowest BCUT2D eigenvalue weighted by Crippen LogP contribution is -2.44. The van der Waals surface area contributed by atoms with E-state index < -0.39 is 12.1 Å². The minimum Gasteiger partial charge on any atom is -0.494 e. The summed E-state index contributed by atoms with van der Waals surface area (Å²) in [6.07, 6.45) is 2.66. The number of amides is 1. The number of hydrogen-bond acceptors (Lipinski definition) is 6. The number of aromatic nitrogens is 4. The maximum atomic E-state index is 14.6. The summed E-state index contributed by atoms with van der Waals surface area (Å²) in [6, 6.07) is 13.4. The first-order valence-corrected chi connectivity index (χ1v) is 11.5. The highest BCUT2D eigenvalue weighted by atomic mass is 19.1. The maximum absolute atomic E-state index is 14.6. The number of alkyl halides is 1. The normalized spacial score (nSPS) is 18.5. The van der Waals surface area contributed by atoms with Crippen LogP contribution in [0, 0.1) is 5.92 Å². The van der Waals surface area contributed by atoms with Gasteiger partial charge in [0.15, 0.2) is 0 Å². The van der Waals surface area contributed by atoms with Crippen molar-refractivity contribution >= 4 is 22.5 Å². The van der Waals surface area contributed by atoms with Crippen molar-refractivity contribution in [1.82, 2.24) is 24.6 Å². The summed E-state index contributed by atoms with van der Waals surface area (Å²) in [6.45, 7) is 0.919. The van der Waals surface area contributed by atoms with Crippen LogP contribution in [-0.2, 0) is 11.8 Å². The van der Waals surface area contributed by atoms with Gasteiger partial charge in [0.25, 0.3) is 0 Å². The van der Waals surface area contributed by atoms with Crippen LogP contribution in [0.4, 0.5) is 10.1 Å². The van der Waals surface area contributed by atoms with E-state index in [1.807, 2.05) is 55.5 Å². The fraction of sp³-hybridized carbons (Fsp3) is 0.308. The molecule has 0 bridgehead atoms. The van der Waals surface area contributed by atoms with E-state index in [1.165, 1.54) is 13.4 Å². The number of likely N-dealkylation sites (tertiary alicyclic amines) is 1. The van der Waals surface area contributed by atoms with Crippen LogP contribution in [0.5, 0.6) is 5.75 Å². The molecule has 2 aromatic heterocycles. The predicted octanol–water partition coefficient (Wildman–Crippen LogP) is 3.93. The summed E-state index contributed by atoms with van der Waals surface area (Å²) in [5.74, 6) is -0.609. The molecule has 1 aliphatic heterocycles. The van der Waals surface area contributed by atoms with E-state index >= 15 is 0 Å². The largest absolute Gasteiger partial charge is 0.494 e. The zero-order chi connectivity index (χ0) is 24.5. The number of rotatable bonds is 5. The van der Waals surface area contributed by atoms with Gasteiger partial charge in [0, 0.05) is 42.4 Å². The molecule has 2 aromatic carbocycles. The molecule has 9 heteroatoms. The van der Waals surface area contributed by atoms with E-state index in [-0.39, 0.29) is 12.5 Å². The molecule has 1 unspecified atom stereocenters. The molecule has 0 radical (unpaired) electrons. The molecular weight excluding hydrogens is 447 g/mol. The highest BCUT2D eigenvalue weighted by Crippen LogP contribution is 2.37. The van der Waals surface area contributed by atoms with Gasteiger partial charge in [0.1, 0.15) is 23.9 Å². The maximum Gasteiger partial charge on any atom is 0.230 e. The van der Waals surface area contributed by atoms with E-state index in [4.69, 9.17) is 4.74 Å². The second-order valence-corrected chi connectivity index (χ2v) is 8.89. The third kappa shape index (κ3) is 4.46. The number of methoxy groups -OCH3 is 1. The van der Waals surface area contributed by atoms with Crippen molar-refractivity contribution in [2.75, 3.05) is 32.6 Å². The van der Waals surface area contributed by atoms with Crippen molar-refractivity contribution in [1.29, 1.82) is 0 Å². The molecule has 0 spiro atoms. The van der Waals surface area contributed by atoms with E-state index in [2.05, 4.69) is 20.4 Å². The van der Waals surface area contributed by atoms with Gasteiger partial charge in [0.2, 0.25) is 5.91 Å². The number of carbonyl (C=O) groups excluding carboxylic acids is 1. The second kappa shape index (κ2) is 9.42. The van der Waals surface area contributed by atoms with E-state index in [0.717, 1.165) is 22.2 Å². The van der Waals surface area contributed by atoms with Crippen molar-refractivity contribution in [3.05, 3.63) is 55.0 Å². The number of carbonyl (C=O) groups is 1. The standard InChI is InChI=1S/C26H27FN6O2/c1-32-10-9-17(20(27)14-32)26(34)30-22-11-18-21(12-23(22)35-3)28-15-29-25(18)19-13-33(2)31-24(19)16-7-5-4-6-8-16/h4-8,11-13,15,17,20H,9-10,14H2,1-3H3,(H,30,34)/t17?,20-/m1/s1. The second-order valence-electron chi connectivity index (χ2n) is 8.89. The lowest BCUT2D eigenvalue weighted by molar-refractivity contribution is -0.123. The van der Waals surface area contributed by atoms with Crippen molar-refractivity contribution in [2.24, 2.45) is 13.0 Å². The fourth-order valence-corrected chi connectivity index (χ4v) is 4.61. The number of benzene rings is 2. The van der Waals surface area contributed by atoms with Gasteiger partial charge < -0.3 is 15.0 Å². The number of fused-ring (bicyclic) bond motifs is 1. The lowest BCUT2D eigenvalue weighted by atomic mass is 9.94. The Hall–Kier alpha value is -3.85. The molecule has 1 fully saturated rings. The van der Waals surface area contributed by atoms with Crippen LogP contribution >= 0.6 is 0 Å². The van der Waals surface area contributed by atoms with Crippen LogP contribution in [0.25, 0.3) is 33.4 Å². The quantitative estimate of drug-likeness (QED) is 0.472. The van der Waals surface area contributed by atoms with Crippen LogP contribution in [0.2, 0.25) is 0 Å². The molecule has 1 N–H and O–H groups in total. The number of piperidine rings is 1. The number of nitrogens with one attached hydrogen (secondary N) is 1. The summed E-state index contributed by atoms with van der Waals surface area (Å²) in [4.78, 5) is 23.9. The highest BCUT2D eigenvalue weighted by molar-refractivity contribution is 6.02. The van der Waals surface area contributed by atoms with Crippen molar-refractivity contribution in [3.63, 3.8) is 0 Å². The topological polar surface area (TPSA) is 85.2 Å². The van der Waals surface area contributed by atoms with Crippen molar-refractivity contribution in [2.45, 2.75) is 12.6 Å². The van der Waals surface area contributed by atoms with Gasteiger partial charge in [-0.3, -0.25) is 9.48 Å². The van der Waals surface area contributed by atoms with Gasteiger partial charge in [-0.05, 0) is 26.1 Å². The summed E-state index contributed by atoms with van der Waals surface area (Å²) < 4.78 is 21.9. The average molecular weight is 475 g/mol. The molecule has 35 heavy (non-hydrogen) atoms. The van der Waals surface area contributed by atoms with Crippen LogP contribution in [-0.4, -0.2) is 64.0 Å². The molecule has 180 valence electrons. The summed E-state index contributed by atoms with van der Waals surface area (Å²) >= 11 is 0. The number of ether oxygens (including phenoxy) is 1. The molecule has 0 saturated carbocycles. The zero-order valence-electron chi connectivity index (χ0n) is 19.9. The first-order valence-electron chi connectivity index (χ1n) is 11.5. The number of hydrogen-bond donors (Lipinski definition) is 1. The van der Waals surface area contributed by atoms with Gasteiger partial charge >= 0.3 is 0 Å². The van der Waals surface area contributed by atoms with Gasteiger partial charge in [-0.15, -0.1) is 0 Å². The molecule has 1 saturated heterocycles. The number of halogens is 1. The van der Waals surface area contributed by atoms with Gasteiger partial charge in [-0.25, -0.2) is 14.4 Å². The molecule has 1 amide bonds. The third-order valence-electron chi connectivity index (χ3n) is 6.43. The monoisotopic (exact) mass is 474 g/mol. The summed E-state index contributed by atoms with van der Waals surface area (Å²) in [5, 5.41) is 8.29. The molecule has 8 nitrogen and oxygen atoms in total. The van der Waals surface area contributed by atoms with Gasteiger partial charge in [-0.1, -0.05) is 30.3 Å². The average Bonchev–Trinajstić information content (AvgIpc) is 3.25. The number of aryl methyl sites for hydroxylation is 1. The minimum absolute atomic E-state index is 0.244. The molecule has 1 aliphatic rings. The Morgan fingerprint density at radius 2 is 1.94 bits per heavy atom. The SMILES string of the molecule is COc1cc2ncnc(-c3cn(C)nc3-c3ccccc3)c2cc1NC(=O)C1CCN(C)C[C@H]1F. The Balaban J connectivity index is 1.57. The minimum atomic E-state index is -1.22. The number of nitrogens with zero attached hydrogens (tertiary/aromatic N) is 5. The Bertz CT molecular complexity index is 1370. The van der Waals surface area contributed by atoms with Crippen molar-refractivity contribution < 1.29 is 13.9 Å². The van der Waals surface area contributed by atoms with E-state index in [0.29, 0.717) is 35.6 Å². The Labute approximate surface area is 202 Å². The Morgan fingerprint density at radius 3 is 2.69 bits per heavy atom. The smallest absolute Gasteiger partial charge is 0.230 e. The van der Waals surface area contributed by atoms with Crippen LogP contribution in [0.3, 0.4) is 0 Å². The Kier molecular flexibility index (Phi) is 6.17. The molecule has 2 atom stereocenters. The van der Waals surface area contributed by atoms with Crippen LogP contribution in [0.1, 0.15) is 6.42 Å². The first-order chi connectivity index (χ1) is 16.9. The molecule has 4 aromatic rings. The Morgan fingerprint density at radius 1 is 1.14 bits per heavy atom. The third-order valence-corrected chi connectivity index (χ3v) is 6.43. The molecular formula is C26H27FN6O2. The van der Waals surface area contributed by atoms with Gasteiger partial charge in [0.05, 0.1) is 29.9 Å². The predicted molar refractivity (Wildman–Crippen MR) is 133 cm³/mol. The summed E-state index contributed by atoms with van der Waals surface area (Å²) in [5.41, 5.74) is 4.40. The van der Waals surface area contributed by atoms with Gasteiger partial charge in [-0.2, -0.15) is 5.10 Å². The first kappa shape index (κ1) is 22.9. The fourth-order valence-electron chi connectivity index (χ4n) is 4.61. The van der Waals surface area contributed by atoms with Crippen LogP contribution < -0.4 is 10.1 Å². The molecule has 3 heterocycles. The van der Waals surface area contributed by atoms with E-state index in [1.54, 1.807) is 16.8 Å². The van der Waals surface area contributed by atoms with Crippen LogP contribution in [0.15, 0.2) is 55.0 Å².